The highest BCUT2D eigenvalue weighted by Gasteiger charge is 2.25. The number of rotatable bonds is 6. The molecule has 1 aliphatic heterocycles. The smallest absolute Gasteiger partial charge is 0.387 e. The normalized spacial score (nSPS) is 15.7. The van der Waals surface area contributed by atoms with Crippen LogP contribution >= 0.6 is 0 Å². The molecule has 0 spiro atoms. The number of halogens is 4. The molecule has 4 rings (SSSR count). The second-order valence-corrected chi connectivity index (χ2v) is 6.00. The van der Waals surface area contributed by atoms with Crippen LogP contribution in [0.25, 0.3) is 5.70 Å². The molecule has 0 saturated carbocycles. The topological polar surface area (TPSA) is 61.2 Å². The number of ether oxygens (including phenoxy) is 2. The third-order valence-corrected chi connectivity index (χ3v) is 4.25. The number of nitrogens with zero attached hydrogens (tertiary/aromatic N) is 3. The van der Waals surface area contributed by atoms with Crippen LogP contribution in [0.5, 0.6) is 11.5 Å². The van der Waals surface area contributed by atoms with Crippen LogP contribution in [0.4, 0.5) is 23.5 Å². The number of para-hydroxylation sites is 1. The van der Waals surface area contributed by atoms with Crippen LogP contribution in [-0.2, 0) is 0 Å². The highest BCUT2D eigenvalue weighted by Crippen LogP contribution is 2.36. The molecule has 1 aliphatic rings. The minimum absolute atomic E-state index is 0.00801. The van der Waals surface area contributed by atoms with Crippen molar-refractivity contribution < 1.29 is 27.0 Å². The lowest BCUT2D eigenvalue weighted by Gasteiger charge is -2.25. The Morgan fingerprint density at radius 3 is 2.38 bits per heavy atom. The summed E-state index contributed by atoms with van der Waals surface area (Å²) in [7, 11) is 0. The van der Waals surface area contributed by atoms with Crippen molar-refractivity contribution in [1.29, 1.82) is 0 Å². The summed E-state index contributed by atoms with van der Waals surface area (Å²) >= 11 is 0. The van der Waals surface area contributed by atoms with Crippen molar-refractivity contribution in [3.05, 3.63) is 72.1 Å². The van der Waals surface area contributed by atoms with Crippen LogP contribution in [0.3, 0.4) is 0 Å². The van der Waals surface area contributed by atoms with Gasteiger partial charge >= 0.3 is 13.2 Å². The summed E-state index contributed by atoms with van der Waals surface area (Å²) in [4.78, 5) is 4.14. The number of alkyl halides is 4. The Morgan fingerprint density at radius 2 is 1.66 bits per heavy atom. The van der Waals surface area contributed by atoms with Gasteiger partial charge in [0.2, 0.25) is 5.95 Å². The first-order chi connectivity index (χ1) is 14.0. The lowest BCUT2D eigenvalue weighted by Crippen LogP contribution is -2.20. The number of anilines is 1. The van der Waals surface area contributed by atoms with Gasteiger partial charge in [-0.3, -0.25) is 0 Å². The molecule has 1 aromatic heterocycles. The van der Waals surface area contributed by atoms with Gasteiger partial charge in [-0.25, -0.2) is 4.68 Å². The van der Waals surface area contributed by atoms with Gasteiger partial charge in [0, 0.05) is 5.56 Å². The van der Waals surface area contributed by atoms with Crippen molar-refractivity contribution in [2.24, 2.45) is 0 Å². The van der Waals surface area contributed by atoms with Gasteiger partial charge in [-0.05, 0) is 35.9 Å². The molecular weight excluding hydrogens is 392 g/mol. The van der Waals surface area contributed by atoms with Crippen molar-refractivity contribution in [1.82, 2.24) is 14.8 Å². The molecule has 10 heteroatoms. The van der Waals surface area contributed by atoms with E-state index in [1.54, 1.807) is 41.1 Å². The van der Waals surface area contributed by atoms with Gasteiger partial charge in [-0.2, -0.15) is 27.6 Å². The molecule has 0 fully saturated rings. The van der Waals surface area contributed by atoms with E-state index in [-0.39, 0.29) is 11.5 Å². The number of benzene rings is 2. The second-order valence-electron chi connectivity index (χ2n) is 6.00. The van der Waals surface area contributed by atoms with Gasteiger partial charge in [-0.1, -0.05) is 24.3 Å². The third kappa shape index (κ3) is 4.00. The summed E-state index contributed by atoms with van der Waals surface area (Å²) < 4.78 is 60.9. The van der Waals surface area contributed by atoms with Crippen LogP contribution in [0.2, 0.25) is 0 Å². The quantitative estimate of drug-likeness (QED) is 0.610. The highest BCUT2D eigenvalue weighted by molar-refractivity contribution is 5.80. The lowest BCUT2D eigenvalue weighted by molar-refractivity contribution is -0.0506. The van der Waals surface area contributed by atoms with Gasteiger partial charge in [0.1, 0.15) is 23.9 Å². The van der Waals surface area contributed by atoms with Crippen molar-refractivity contribution in [3.8, 4) is 11.5 Å². The summed E-state index contributed by atoms with van der Waals surface area (Å²) in [6.07, 6.45) is 3.11. The highest BCUT2D eigenvalue weighted by atomic mass is 19.3. The van der Waals surface area contributed by atoms with Crippen LogP contribution < -0.4 is 14.8 Å². The van der Waals surface area contributed by atoms with E-state index in [0.29, 0.717) is 22.8 Å². The summed E-state index contributed by atoms with van der Waals surface area (Å²) in [6.45, 7) is -5.89. The summed E-state index contributed by atoms with van der Waals surface area (Å²) in [5.74, 6) is 0.428. The fourth-order valence-corrected chi connectivity index (χ4v) is 3.06. The molecule has 3 aromatic rings. The van der Waals surface area contributed by atoms with Gasteiger partial charge < -0.3 is 14.8 Å². The van der Waals surface area contributed by atoms with E-state index in [9.17, 15) is 17.6 Å². The predicted molar refractivity (Wildman–Crippen MR) is 95.9 cm³/mol. The van der Waals surface area contributed by atoms with Gasteiger partial charge in [0.15, 0.2) is 0 Å². The number of allylic oxidation sites excluding steroid dienone is 1. The Bertz CT molecular complexity index is 1020. The van der Waals surface area contributed by atoms with Crippen LogP contribution in [0.1, 0.15) is 17.2 Å². The molecule has 2 heterocycles. The number of hydrogen-bond acceptors (Lipinski definition) is 5. The van der Waals surface area contributed by atoms with Crippen molar-refractivity contribution >= 4 is 11.6 Å². The molecule has 0 bridgehead atoms. The van der Waals surface area contributed by atoms with Crippen LogP contribution in [0, 0.1) is 0 Å². The van der Waals surface area contributed by atoms with E-state index < -0.39 is 19.3 Å². The van der Waals surface area contributed by atoms with Crippen molar-refractivity contribution in [2.45, 2.75) is 19.3 Å². The predicted octanol–water partition coefficient (Wildman–Crippen LogP) is 4.54. The molecule has 0 aliphatic carbocycles. The number of fused-ring (bicyclic) bond motifs is 1. The number of aromatic nitrogens is 3. The van der Waals surface area contributed by atoms with Crippen molar-refractivity contribution in [2.75, 3.05) is 5.32 Å². The fraction of sp³-hybridized carbons (Fsp3) is 0.158. The minimum atomic E-state index is -2.97. The standard InChI is InChI=1S/C19H14F4N4O2/c20-17(21)28-12-7-5-11(6-8-12)15-9-14(26-19-24-10-25-27(15)19)13-3-1-2-4-16(13)29-18(22)23/h1-10,15,17-18H,(H,24,25,26). The first-order valence-corrected chi connectivity index (χ1v) is 8.48. The van der Waals surface area contributed by atoms with E-state index in [1.807, 2.05) is 0 Å². The van der Waals surface area contributed by atoms with E-state index in [4.69, 9.17) is 0 Å². The molecule has 1 atom stereocenters. The largest absolute Gasteiger partial charge is 0.435 e. The minimum Gasteiger partial charge on any atom is -0.435 e. The molecule has 0 saturated heterocycles. The number of hydrogen-bond donors (Lipinski definition) is 1. The first kappa shape index (κ1) is 18.8. The molecule has 1 unspecified atom stereocenters. The second kappa shape index (κ2) is 7.82. The zero-order valence-electron chi connectivity index (χ0n) is 14.7. The molecular formula is C19H14F4N4O2. The molecule has 0 radical (unpaired) electrons. The Morgan fingerprint density at radius 1 is 0.931 bits per heavy atom. The van der Waals surface area contributed by atoms with Gasteiger partial charge in [0.25, 0.3) is 0 Å². The first-order valence-electron chi connectivity index (χ1n) is 8.48. The zero-order chi connectivity index (χ0) is 20.4. The fourth-order valence-electron chi connectivity index (χ4n) is 3.06. The Labute approximate surface area is 162 Å². The van der Waals surface area contributed by atoms with Gasteiger partial charge in [-0.15, -0.1) is 0 Å². The average Bonchev–Trinajstić information content (AvgIpc) is 3.16. The Hall–Kier alpha value is -3.56. The van der Waals surface area contributed by atoms with E-state index >= 15 is 0 Å². The molecule has 6 nitrogen and oxygen atoms in total. The van der Waals surface area contributed by atoms with Crippen molar-refractivity contribution in [3.63, 3.8) is 0 Å². The van der Waals surface area contributed by atoms with E-state index in [1.165, 1.54) is 24.5 Å². The maximum absolute atomic E-state index is 12.8. The number of nitrogens with one attached hydrogen (secondary N) is 1. The third-order valence-electron chi connectivity index (χ3n) is 4.25. The molecule has 29 heavy (non-hydrogen) atoms. The monoisotopic (exact) mass is 406 g/mol. The Balaban J connectivity index is 1.72. The van der Waals surface area contributed by atoms with Crippen LogP contribution in [0.15, 0.2) is 60.9 Å². The van der Waals surface area contributed by atoms with Gasteiger partial charge in [0.05, 0.1) is 5.70 Å². The molecule has 0 amide bonds. The van der Waals surface area contributed by atoms with E-state index in [0.717, 1.165) is 0 Å². The summed E-state index contributed by atoms with van der Waals surface area (Å²) in [5.41, 5.74) is 1.63. The Kier molecular flexibility index (Phi) is 5.07. The lowest BCUT2D eigenvalue weighted by atomic mass is 10.0. The maximum atomic E-state index is 12.8. The van der Waals surface area contributed by atoms with E-state index in [2.05, 4.69) is 24.9 Å². The SMILES string of the molecule is FC(F)Oc1ccc(C2C=C(c3ccccc3OC(F)F)Nc3ncnn32)cc1. The zero-order valence-corrected chi connectivity index (χ0v) is 14.7. The van der Waals surface area contributed by atoms with Crippen LogP contribution in [-0.4, -0.2) is 28.0 Å². The molecule has 1 N–H and O–H groups in total. The molecule has 2 aromatic carbocycles. The molecule has 150 valence electrons. The average molecular weight is 406 g/mol. The summed E-state index contributed by atoms with van der Waals surface area (Å²) in [5, 5.41) is 7.23. The maximum Gasteiger partial charge on any atom is 0.387 e. The summed E-state index contributed by atoms with van der Waals surface area (Å²) in [6, 6.07) is 12.0.